The Hall–Kier alpha value is -2.95. The van der Waals surface area contributed by atoms with Gasteiger partial charge in [0.2, 0.25) is 0 Å². The standard InChI is InChI=1S/C18H16O5/c1-3-22-16-10-11(7-8-14(16)19)9-13-12-5-4-6-15(21-2)17(12)23-18(13)20/h4-10,19H,3H2,1-2H3/b13-9-. The molecule has 5 heteroatoms. The number of phenolic OH excluding ortho intramolecular Hbond substituents is 1. The monoisotopic (exact) mass is 312 g/mol. The lowest BCUT2D eigenvalue weighted by atomic mass is 10.0. The van der Waals surface area contributed by atoms with Crippen LogP contribution in [0.3, 0.4) is 0 Å². The number of hydrogen-bond donors (Lipinski definition) is 1. The summed E-state index contributed by atoms with van der Waals surface area (Å²) >= 11 is 0. The van der Waals surface area contributed by atoms with E-state index in [1.807, 2.05) is 6.92 Å². The maximum atomic E-state index is 12.2. The van der Waals surface area contributed by atoms with E-state index in [0.717, 1.165) is 5.56 Å². The third kappa shape index (κ3) is 2.73. The topological polar surface area (TPSA) is 65.0 Å². The Kier molecular flexibility index (Phi) is 3.93. The van der Waals surface area contributed by atoms with Gasteiger partial charge in [-0.25, -0.2) is 4.79 Å². The molecule has 3 rings (SSSR count). The van der Waals surface area contributed by atoms with Crippen LogP contribution in [-0.4, -0.2) is 24.8 Å². The summed E-state index contributed by atoms with van der Waals surface area (Å²) in [7, 11) is 1.53. The van der Waals surface area contributed by atoms with E-state index in [2.05, 4.69) is 0 Å². The summed E-state index contributed by atoms with van der Waals surface area (Å²) in [5.74, 6) is 0.940. The van der Waals surface area contributed by atoms with Crippen LogP contribution < -0.4 is 14.2 Å². The zero-order valence-corrected chi connectivity index (χ0v) is 12.8. The highest BCUT2D eigenvalue weighted by molar-refractivity contribution is 6.26. The Balaban J connectivity index is 2.05. The molecular formula is C18H16O5. The molecule has 118 valence electrons. The van der Waals surface area contributed by atoms with Crippen molar-refractivity contribution in [2.75, 3.05) is 13.7 Å². The van der Waals surface area contributed by atoms with Crippen molar-refractivity contribution >= 4 is 17.6 Å². The minimum atomic E-state index is -0.435. The van der Waals surface area contributed by atoms with E-state index in [9.17, 15) is 9.90 Å². The molecule has 2 aromatic rings. The molecule has 5 nitrogen and oxygen atoms in total. The van der Waals surface area contributed by atoms with Crippen molar-refractivity contribution < 1.29 is 24.1 Å². The molecule has 0 aromatic heterocycles. The number of esters is 1. The Bertz CT molecular complexity index is 792. The highest BCUT2D eigenvalue weighted by Crippen LogP contribution is 2.42. The zero-order chi connectivity index (χ0) is 16.4. The van der Waals surface area contributed by atoms with Crippen LogP contribution in [0.15, 0.2) is 36.4 Å². The van der Waals surface area contributed by atoms with E-state index < -0.39 is 5.97 Å². The summed E-state index contributed by atoms with van der Waals surface area (Å²) in [4.78, 5) is 12.2. The van der Waals surface area contributed by atoms with Crippen LogP contribution in [0.5, 0.6) is 23.0 Å². The van der Waals surface area contributed by atoms with Crippen LogP contribution in [-0.2, 0) is 4.79 Å². The fourth-order valence-corrected chi connectivity index (χ4v) is 2.45. The number of carbonyl (C=O) groups is 1. The molecule has 1 aliphatic rings. The molecule has 2 aromatic carbocycles. The first-order valence-corrected chi connectivity index (χ1v) is 7.21. The summed E-state index contributed by atoms with van der Waals surface area (Å²) in [5.41, 5.74) is 1.85. The van der Waals surface area contributed by atoms with E-state index in [1.165, 1.54) is 13.2 Å². The number of carbonyl (C=O) groups excluding carboxylic acids is 1. The molecule has 0 fully saturated rings. The van der Waals surface area contributed by atoms with Crippen molar-refractivity contribution in [3.63, 3.8) is 0 Å². The number of benzene rings is 2. The van der Waals surface area contributed by atoms with Crippen molar-refractivity contribution in [2.45, 2.75) is 6.92 Å². The van der Waals surface area contributed by atoms with Crippen LogP contribution in [0, 0.1) is 0 Å². The Morgan fingerprint density at radius 1 is 1.22 bits per heavy atom. The Labute approximate surface area is 133 Å². The first kappa shape index (κ1) is 15.0. The summed E-state index contributed by atoms with van der Waals surface area (Å²) in [6, 6.07) is 10.3. The third-order valence-electron chi connectivity index (χ3n) is 3.50. The second kappa shape index (κ2) is 6.04. The summed E-state index contributed by atoms with van der Waals surface area (Å²) < 4.78 is 15.9. The molecule has 1 aliphatic heterocycles. The Morgan fingerprint density at radius 3 is 2.78 bits per heavy atom. The van der Waals surface area contributed by atoms with E-state index in [1.54, 1.807) is 36.4 Å². The van der Waals surface area contributed by atoms with Crippen LogP contribution in [0.4, 0.5) is 0 Å². The lowest BCUT2D eigenvalue weighted by molar-refractivity contribution is -0.127. The van der Waals surface area contributed by atoms with E-state index in [0.29, 0.717) is 35.0 Å². The normalized spacial score (nSPS) is 14.5. The van der Waals surface area contributed by atoms with Gasteiger partial charge in [0, 0.05) is 5.56 Å². The molecule has 1 N–H and O–H groups in total. The first-order chi connectivity index (χ1) is 11.1. The Morgan fingerprint density at radius 2 is 2.04 bits per heavy atom. The van der Waals surface area contributed by atoms with Crippen molar-refractivity contribution in [1.82, 2.24) is 0 Å². The van der Waals surface area contributed by atoms with Gasteiger partial charge < -0.3 is 19.3 Å². The second-order valence-corrected chi connectivity index (χ2v) is 4.94. The molecule has 0 unspecified atom stereocenters. The predicted molar refractivity (Wildman–Crippen MR) is 85.8 cm³/mol. The van der Waals surface area contributed by atoms with E-state index in [4.69, 9.17) is 14.2 Å². The minimum absolute atomic E-state index is 0.0602. The molecule has 1 heterocycles. The van der Waals surface area contributed by atoms with Gasteiger partial charge in [-0.1, -0.05) is 18.2 Å². The molecule has 0 bridgehead atoms. The van der Waals surface area contributed by atoms with Gasteiger partial charge in [0.15, 0.2) is 23.0 Å². The molecule has 0 radical (unpaired) electrons. The summed E-state index contributed by atoms with van der Waals surface area (Å²) in [6.45, 7) is 2.27. The van der Waals surface area contributed by atoms with Gasteiger partial charge in [-0.15, -0.1) is 0 Å². The number of aromatic hydroxyl groups is 1. The van der Waals surface area contributed by atoms with Gasteiger partial charge in [0.05, 0.1) is 19.3 Å². The lowest BCUT2D eigenvalue weighted by Gasteiger charge is -2.06. The quantitative estimate of drug-likeness (QED) is 0.533. The SMILES string of the molecule is CCOc1cc(/C=C2\C(=O)Oc3c(OC)cccc32)ccc1O. The molecule has 0 atom stereocenters. The third-order valence-corrected chi connectivity index (χ3v) is 3.50. The van der Waals surface area contributed by atoms with Crippen molar-refractivity contribution in [3.05, 3.63) is 47.5 Å². The van der Waals surface area contributed by atoms with Crippen LogP contribution in [0.2, 0.25) is 0 Å². The highest BCUT2D eigenvalue weighted by Gasteiger charge is 2.29. The average Bonchev–Trinajstić information content (AvgIpc) is 2.87. The van der Waals surface area contributed by atoms with Crippen molar-refractivity contribution in [2.24, 2.45) is 0 Å². The van der Waals surface area contributed by atoms with Crippen molar-refractivity contribution in [1.29, 1.82) is 0 Å². The number of phenols is 1. The smallest absolute Gasteiger partial charge is 0.344 e. The second-order valence-electron chi connectivity index (χ2n) is 4.94. The van der Waals surface area contributed by atoms with E-state index >= 15 is 0 Å². The molecular weight excluding hydrogens is 296 g/mol. The number of methoxy groups -OCH3 is 1. The van der Waals surface area contributed by atoms with E-state index in [-0.39, 0.29) is 5.75 Å². The number of hydrogen-bond acceptors (Lipinski definition) is 5. The number of rotatable bonds is 4. The fraction of sp³-hybridized carbons (Fsp3) is 0.167. The number of fused-ring (bicyclic) bond motifs is 1. The minimum Gasteiger partial charge on any atom is -0.504 e. The number of ether oxygens (including phenoxy) is 3. The van der Waals surface area contributed by atoms with Gasteiger partial charge in [-0.3, -0.25) is 0 Å². The molecule has 0 spiro atoms. The highest BCUT2D eigenvalue weighted by atomic mass is 16.6. The van der Waals surface area contributed by atoms with Crippen LogP contribution in [0.1, 0.15) is 18.1 Å². The van der Waals surface area contributed by atoms with Gasteiger partial charge in [0.1, 0.15) is 0 Å². The van der Waals surface area contributed by atoms with Gasteiger partial charge in [-0.05, 0) is 36.8 Å². The average molecular weight is 312 g/mol. The fourth-order valence-electron chi connectivity index (χ4n) is 2.45. The molecule has 0 aliphatic carbocycles. The lowest BCUT2D eigenvalue weighted by Crippen LogP contribution is -2.01. The van der Waals surface area contributed by atoms with Crippen molar-refractivity contribution in [3.8, 4) is 23.0 Å². The summed E-state index contributed by atoms with van der Waals surface area (Å²) in [5, 5.41) is 9.75. The molecule has 0 amide bonds. The largest absolute Gasteiger partial charge is 0.504 e. The maximum absolute atomic E-state index is 12.2. The van der Waals surface area contributed by atoms with Gasteiger partial charge in [-0.2, -0.15) is 0 Å². The maximum Gasteiger partial charge on any atom is 0.344 e. The first-order valence-electron chi connectivity index (χ1n) is 7.21. The predicted octanol–water partition coefficient (Wildman–Crippen LogP) is 3.26. The van der Waals surface area contributed by atoms with Crippen LogP contribution in [0.25, 0.3) is 11.6 Å². The summed E-state index contributed by atoms with van der Waals surface area (Å²) in [6.07, 6.45) is 1.70. The zero-order valence-electron chi connectivity index (χ0n) is 12.8. The van der Waals surface area contributed by atoms with Gasteiger partial charge >= 0.3 is 5.97 Å². The van der Waals surface area contributed by atoms with Gasteiger partial charge in [0.25, 0.3) is 0 Å². The molecule has 23 heavy (non-hydrogen) atoms. The molecule has 0 saturated carbocycles. The van der Waals surface area contributed by atoms with Crippen LogP contribution >= 0.6 is 0 Å². The number of para-hydroxylation sites is 1. The molecule has 0 saturated heterocycles.